The highest BCUT2D eigenvalue weighted by Gasteiger charge is 2.20. The van der Waals surface area contributed by atoms with Crippen LogP contribution in [0.3, 0.4) is 0 Å². The van der Waals surface area contributed by atoms with Crippen molar-refractivity contribution in [1.29, 1.82) is 0 Å². The molecule has 128 valence electrons. The molecule has 3 nitrogen and oxygen atoms in total. The number of hydrogen-bond acceptors (Lipinski definition) is 1. The molecular weight excluding hydrogens is 328 g/mol. The molecule has 0 saturated carbocycles. The molecular formula is C22H19B2N3. The smallest absolute Gasteiger partial charge is 0.220 e. The summed E-state index contributed by atoms with van der Waals surface area (Å²) < 4.78 is 4.05. The number of para-hydroxylation sites is 1. The molecule has 0 spiro atoms. The SMILES string of the molecule is [B]/C(C=C)=C/C(=C\C=C)n1c(/C=C\C)c(C=C)n2c3cccc([B])c3nc12. The highest BCUT2D eigenvalue weighted by Crippen LogP contribution is 2.29. The average molecular weight is 347 g/mol. The predicted octanol–water partition coefficient (Wildman–Crippen LogP) is 4.02. The van der Waals surface area contributed by atoms with Crippen molar-refractivity contribution in [2.45, 2.75) is 6.92 Å². The summed E-state index contributed by atoms with van der Waals surface area (Å²) in [4.78, 5) is 4.81. The highest BCUT2D eigenvalue weighted by atomic mass is 15.2. The van der Waals surface area contributed by atoms with Gasteiger partial charge in [-0.05, 0) is 37.3 Å². The minimum Gasteiger partial charge on any atom is -0.278 e. The lowest BCUT2D eigenvalue weighted by Crippen LogP contribution is -2.04. The molecule has 4 radical (unpaired) electrons. The number of benzene rings is 1. The van der Waals surface area contributed by atoms with E-state index in [4.69, 9.17) is 20.7 Å². The van der Waals surface area contributed by atoms with Gasteiger partial charge in [0.1, 0.15) is 15.7 Å². The van der Waals surface area contributed by atoms with Crippen molar-refractivity contribution < 1.29 is 0 Å². The monoisotopic (exact) mass is 347 g/mol. The van der Waals surface area contributed by atoms with Gasteiger partial charge in [-0.15, -0.1) is 0 Å². The van der Waals surface area contributed by atoms with Crippen molar-refractivity contribution in [3.8, 4) is 0 Å². The second-order valence-electron chi connectivity index (χ2n) is 5.95. The van der Waals surface area contributed by atoms with Crippen LogP contribution in [0.1, 0.15) is 18.3 Å². The van der Waals surface area contributed by atoms with Gasteiger partial charge in [-0.2, -0.15) is 0 Å². The molecule has 0 unspecified atom stereocenters. The lowest BCUT2D eigenvalue weighted by molar-refractivity contribution is 1.10. The third kappa shape index (κ3) is 3.06. The Bertz CT molecular complexity index is 1150. The largest absolute Gasteiger partial charge is 0.278 e. The summed E-state index contributed by atoms with van der Waals surface area (Å²) in [6, 6.07) is 5.75. The quantitative estimate of drug-likeness (QED) is 0.488. The van der Waals surface area contributed by atoms with Crippen LogP contribution in [0.5, 0.6) is 0 Å². The van der Waals surface area contributed by atoms with E-state index in [-0.39, 0.29) is 0 Å². The fourth-order valence-corrected chi connectivity index (χ4v) is 3.14. The number of rotatable bonds is 6. The van der Waals surface area contributed by atoms with Gasteiger partial charge >= 0.3 is 0 Å². The lowest BCUT2D eigenvalue weighted by atomic mass is 9.94. The summed E-state index contributed by atoms with van der Waals surface area (Å²) in [5, 5.41) is 0. The Hall–Kier alpha value is -3.20. The van der Waals surface area contributed by atoms with Crippen molar-refractivity contribution >= 4 is 55.8 Å². The number of nitrogens with zero attached hydrogens (tertiary/aromatic N) is 3. The summed E-state index contributed by atoms with van der Waals surface area (Å²) in [6.45, 7) is 13.5. The summed E-state index contributed by atoms with van der Waals surface area (Å²) in [7, 11) is 12.2. The van der Waals surface area contributed by atoms with Crippen LogP contribution >= 0.6 is 0 Å². The van der Waals surface area contributed by atoms with E-state index in [1.165, 1.54) is 0 Å². The molecule has 0 bridgehead atoms. The Balaban J connectivity index is 2.55. The molecule has 0 fully saturated rings. The van der Waals surface area contributed by atoms with Gasteiger partial charge in [-0.1, -0.05) is 61.0 Å². The fourth-order valence-electron chi connectivity index (χ4n) is 3.14. The Kier molecular flexibility index (Phi) is 5.22. The van der Waals surface area contributed by atoms with Crippen molar-refractivity contribution in [3.05, 3.63) is 85.2 Å². The Labute approximate surface area is 162 Å². The van der Waals surface area contributed by atoms with Gasteiger partial charge in [0.15, 0.2) is 0 Å². The molecule has 2 aromatic heterocycles. The standard InChI is InChI=1S/C22H19B2N3/c1-5-10-16(14-15(23)7-3)26-19(11-6-2)18(8-4)27-20-13-9-12-17(24)21(20)25-22(26)27/h5-14H,1,3-4H2,2H3/b11-6-,15-14+,16-10+. The zero-order valence-corrected chi connectivity index (χ0v) is 15.4. The molecule has 0 aliphatic rings. The Morgan fingerprint density at radius 3 is 2.59 bits per heavy atom. The molecule has 5 heteroatoms. The van der Waals surface area contributed by atoms with E-state index in [1.54, 1.807) is 12.2 Å². The molecule has 0 amide bonds. The van der Waals surface area contributed by atoms with Crippen LogP contribution < -0.4 is 5.46 Å². The lowest BCUT2D eigenvalue weighted by Gasteiger charge is -2.09. The van der Waals surface area contributed by atoms with E-state index >= 15 is 0 Å². The maximum Gasteiger partial charge on any atom is 0.220 e. The van der Waals surface area contributed by atoms with E-state index in [1.807, 2.05) is 64.5 Å². The van der Waals surface area contributed by atoms with Crippen LogP contribution in [-0.4, -0.2) is 29.6 Å². The van der Waals surface area contributed by atoms with Gasteiger partial charge in [0.25, 0.3) is 0 Å². The Morgan fingerprint density at radius 2 is 1.96 bits per heavy atom. The van der Waals surface area contributed by atoms with Crippen LogP contribution in [0, 0.1) is 0 Å². The van der Waals surface area contributed by atoms with Gasteiger partial charge in [0, 0.05) is 5.70 Å². The number of allylic oxidation sites excluding steroid dienone is 7. The van der Waals surface area contributed by atoms with Crippen LogP contribution in [0.4, 0.5) is 0 Å². The summed E-state index contributed by atoms with van der Waals surface area (Å²) in [6.07, 6.45) is 12.8. The third-order valence-electron chi connectivity index (χ3n) is 4.26. The first-order valence-electron chi connectivity index (χ1n) is 8.56. The molecule has 1 aromatic carbocycles. The van der Waals surface area contributed by atoms with Gasteiger partial charge in [-0.25, -0.2) is 4.98 Å². The second-order valence-corrected chi connectivity index (χ2v) is 5.95. The van der Waals surface area contributed by atoms with Gasteiger partial charge < -0.3 is 0 Å². The van der Waals surface area contributed by atoms with E-state index < -0.39 is 0 Å². The van der Waals surface area contributed by atoms with Crippen molar-refractivity contribution in [3.63, 3.8) is 0 Å². The molecule has 3 rings (SSSR count). The first kappa shape index (κ1) is 18.6. The number of imidazole rings is 2. The first-order chi connectivity index (χ1) is 13.1. The van der Waals surface area contributed by atoms with Crippen LogP contribution in [0.15, 0.2) is 73.8 Å². The zero-order valence-electron chi connectivity index (χ0n) is 15.4. The molecule has 2 heterocycles. The highest BCUT2D eigenvalue weighted by molar-refractivity contribution is 6.38. The van der Waals surface area contributed by atoms with Crippen molar-refractivity contribution in [2.75, 3.05) is 0 Å². The summed E-state index contributed by atoms with van der Waals surface area (Å²) >= 11 is 0. The summed E-state index contributed by atoms with van der Waals surface area (Å²) in [5.41, 5.74) is 5.48. The predicted molar refractivity (Wildman–Crippen MR) is 119 cm³/mol. The molecule has 0 atom stereocenters. The topological polar surface area (TPSA) is 22.2 Å². The molecule has 0 aliphatic carbocycles. The molecule has 3 aromatic rings. The Morgan fingerprint density at radius 1 is 1.19 bits per heavy atom. The van der Waals surface area contributed by atoms with Crippen molar-refractivity contribution in [1.82, 2.24) is 14.0 Å². The number of aromatic nitrogens is 3. The minimum atomic E-state index is 0.539. The van der Waals surface area contributed by atoms with Gasteiger partial charge in [0.05, 0.1) is 22.4 Å². The zero-order chi connectivity index (χ0) is 19.6. The molecule has 27 heavy (non-hydrogen) atoms. The number of hydrogen-bond donors (Lipinski definition) is 0. The molecule has 0 saturated heterocycles. The normalized spacial score (nSPS) is 12.9. The maximum absolute atomic E-state index is 6.15. The second kappa shape index (κ2) is 7.58. The van der Waals surface area contributed by atoms with E-state index in [2.05, 4.69) is 19.7 Å². The van der Waals surface area contributed by atoms with Gasteiger partial charge in [-0.3, -0.25) is 8.97 Å². The van der Waals surface area contributed by atoms with Gasteiger partial charge in [0.2, 0.25) is 5.78 Å². The van der Waals surface area contributed by atoms with Crippen LogP contribution in [-0.2, 0) is 0 Å². The molecule has 0 aliphatic heterocycles. The average Bonchev–Trinajstić information content (AvgIpc) is 3.17. The van der Waals surface area contributed by atoms with E-state index in [0.717, 1.165) is 28.1 Å². The fraction of sp³-hybridized carbons (Fsp3) is 0.0455. The summed E-state index contributed by atoms with van der Waals surface area (Å²) in [5.74, 6) is 0.715. The van der Waals surface area contributed by atoms with Crippen LogP contribution in [0.2, 0.25) is 0 Å². The van der Waals surface area contributed by atoms with Crippen molar-refractivity contribution in [2.24, 2.45) is 0 Å². The van der Waals surface area contributed by atoms with E-state index in [9.17, 15) is 0 Å². The number of fused-ring (bicyclic) bond motifs is 3. The minimum absolute atomic E-state index is 0.539. The van der Waals surface area contributed by atoms with Crippen LogP contribution in [0.25, 0.3) is 34.7 Å². The first-order valence-corrected chi connectivity index (χ1v) is 8.56. The molecule has 0 N–H and O–H groups in total. The maximum atomic E-state index is 6.15. The van der Waals surface area contributed by atoms with E-state index in [0.29, 0.717) is 16.7 Å². The third-order valence-corrected chi connectivity index (χ3v) is 4.26.